The largest absolute Gasteiger partial charge is 0.357 e. The highest BCUT2D eigenvalue weighted by Gasteiger charge is 2.33. The molecule has 2 unspecified atom stereocenters. The maximum absolute atomic E-state index is 4.73. The van der Waals surface area contributed by atoms with Crippen molar-refractivity contribution in [3.8, 4) is 0 Å². The van der Waals surface area contributed by atoms with Crippen molar-refractivity contribution in [3.05, 3.63) is 17.7 Å². The minimum absolute atomic E-state index is 0. The Bertz CT molecular complexity index is 487. The summed E-state index contributed by atoms with van der Waals surface area (Å²) in [5.41, 5.74) is 1.19. The van der Waals surface area contributed by atoms with Crippen LogP contribution < -0.4 is 10.6 Å². The number of aliphatic imine (C=N–C) groups is 1. The van der Waals surface area contributed by atoms with Crippen LogP contribution in [0.25, 0.3) is 0 Å². The molecule has 5 nitrogen and oxygen atoms in total. The van der Waals surface area contributed by atoms with Gasteiger partial charge in [-0.2, -0.15) is 0 Å². The van der Waals surface area contributed by atoms with Gasteiger partial charge in [0, 0.05) is 44.7 Å². The van der Waals surface area contributed by atoms with E-state index in [0.717, 1.165) is 44.4 Å². The number of hydrogen-bond acceptors (Lipinski definition) is 2. The molecule has 0 radical (unpaired) electrons. The van der Waals surface area contributed by atoms with E-state index in [1.54, 1.807) is 0 Å². The van der Waals surface area contributed by atoms with E-state index in [0.29, 0.717) is 6.04 Å². The molecule has 124 valence electrons. The average molecular weight is 417 g/mol. The van der Waals surface area contributed by atoms with Crippen LogP contribution in [0, 0.1) is 5.92 Å². The van der Waals surface area contributed by atoms with E-state index in [2.05, 4.69) is 40.2 Å². The van der Waals surface area contributed by atoms with Gasteiger partial charge in [0.15, 0.2) is 5.96 Å². The molecule has 1 saturated carbocycles. The van der Waals surface area contributed by atoms with Crippen LogP contribution in [-0.2, 0) is 19.4 Å². The zero-order valence-corrected chi connectivity index (χ0v) is 16.0. The second-order valence-corrected chi connectivity index (χ2v) is 6.27. The molecule has 1 fully saturated rings. The standard InChI is InChI=1S/C16H27N5.HI/c1-3-17-16(20-14-10-12(14)2)18-8-7-13-11-21-9-5-4-6-15(21)19-13;/h11-12,14H,3-10H2,1-2H3,(H2,17,18,20);1H. The number of halogens is 1. The van der Waals surface area contributed by atoms with Gasteiger partial charge in [-0.05, 0) is 32.1 Å². The smallest absolute Gasteiger partial charge is 0.191 e. The minimum Gasteiger partial charge on any atom is -0.357 e. The van der Waals surface area contributed by atoms with Crippen molar-refractivity contribution in [2.45, 2.75) is 58.5 Å². The van der Waals surface area contributed by atoms with Gasteiger partial charge in [0.05, 0.1) is 5.69 Å². The molecule has 1 aliphatic heterocycles. The van der Waals surface area contributed by atoms with Gasteiger partial charge in [-0.3, -0.25) is 4.99 Å². The Morgan fingerprint density at radius 3 is 2.95 bits per heavy atom. The highest BCUT2D eigenvalue weighted by molar-refractivity contribution is 14.0. The number of hydrogen-bond donors (Lipinski definition) is 2. The molecular weight excluding hydrogens is 389 g/mol. The number of rotatable bonds is 5. The Hall–Kier alpha value is -0.790. The lowest BCUT2D eigenvalue weighted by atomic mass is 10.2. The molecule has 2 aliphatic rings. The Balaban J connectivity index is 0.00000176. The lowest BCUT2D eigenvalue weighted by Gasteiger charge is -2.11. The van der Waals surface area contributed by atoms with Gasteiger partial charge in [-0.15, -0.1) is 24.0 Å². The van der Waals surface area contributed by atoms with Crippen LogP contribution in [0.3, 0.4) is 0 Å². The van der Waals surface area contributed by atoms with Crippen LogP contribution >= 0.6 is 24.0 Å². The maximum Gasteiger partial charge on any atom is 0.191 e. The van der Waals surface area contributed by atoms with Crippen LogP contribution in [0.4, 0.5) is 0 Å². The zero-order valence-electron chi connectivity index (χ0n) is 13.6. The molecule has 2 N–H and O–H groups in total. The van der Waals surface area contributed by atoms with Crippen molar-refractivity contribution >= 4 is 29.9 Å². The van der Waals surface area contributed by atoms with Crippen molar-refractivity contribution in [2.75, 3.05) is 13.1 Å². The Labute approximate surface area is 150 Å². The molecule has 2 atom stereocenters. The molecule has 2 heterocycles. The third-order valence-electron chi connectivity index (χ3n) is 4.37. The number of guanidine groups is 1. The van der Waals surface area contributed by atoms with E-state index in [1.807, 2.05) is 0 Å². The van der Waals surface area contributed by atoms with E-state index >= 15 is 0 Å². The van der Waals surface area contributed by atoms with Gasteiger partial charge >= 0.3 is 0 Å². The summed E-state index contributed by atoms with van der Waals surface area (Å²) in [6.45, 7) is 7.22. The fraction of sp³-hybridized carbons (Fsp3) is 0.750. The number of aryl methyl sites for hydroxylation is 2. The molecule has 3 rings (SSSR count). The highest BCUT2D eigenvalue weighted by atomic mass is 127. The third kappa shape index (κ3) is 4.60. The van der Waals surface area contributed by atoms with E-state index in [-0.39, 0.29) is 24.0 Å². The molecule has 22 heavy (non-hydrogen) atoms. The Morgan fingerprint density at radius 2 is 2.27 bits per heavy atom. The summed E-state index contributed by atoms with van der Waals surface area (Å²) in [7, 11) is 0. The monoisotopic (exact) mass is 417 g/mol. The number of nitrogens with zero attached hydrogens (tertiary/aromatic N) is 3. The van der Waals surface area contributed by atoms with Crippen molar-refractivity contribution in [2.24, 2.45) is 10.9 Å². The third-order valence-corrected chi connectivity index (χ3v) is 4.37. The van der Waals surface area contributed by atoms with Crippen molar-refractivity contribution in [1.29, 1.82) is 0 Å². The summed E-state index contributed by atoms with van der Waals surface area (Å²) in [6.07, 6.45) is 8.10. The molecule has 0 amide bonds. The minimum atomic E-state index is 0. The second kappa shape index (κ2) is 8.17. The van der Waals surface area contributed by atoms with Crippen molar-refractivity contribution < 1.29 is 0 Å². The van der Waals surface area contributed by atoms with E-state index in [9.17, 15) is 0 Å². The predicted molar refractivity (Wildman–Crippen MR) is 101 cm³/mol. The summed E-state index contributed by atoms with van der Waals surface area (Å²) >= 11 is 0. The second-order valence-electron chi connectivity index (χ2n) is 6.27. The maximum atomic E-state index is 4.73. The van der Waals surface area contributed by atoms with Crippen molar-refractivity contribution in [3.63, 3.8) is 0 Å². The van der Waals surface area contributed by atoms with Crippen molar-refractivity contribution in [1.82, 2.24) is 20.2 Å². The van der Waals surface area contributed by atoms with Gasteiger partial charge in [0.2, 0.25) is 0 Å². The van der Waals surface area contributed by atoms with Gasteiger partial charge in [0.1, 0.15) is 5.82 Å². The number of imidazole rings is 1. The van der Waals surface area contributed by atoms with Gasteiger partial charge in [0.25, 0.3) is 0 Å². The lowest BCUT2D eigenvalue weighted by molar-refractivity contribution is 0.522. The first-order valence-corrected chi connectivity index (χ1v) is 8.36. The first-order valence-electron chi connectivity index (χ1n) is 8.36. The van der Waals surface area contributed by atoms with Gasteiger partial charge in [-0.25, -0.2) is 4.98 Å². The summed E-state index contributed by atoms with van der Waals surface area (Å²) < 4.78 is 2.32. The molecule has 1 aliphatic carbocycles. The quantitative estimate of drug-likeness (QED) is 0.440. The van der Waals surface area contributed by atoms with Gasteiger partial charge in [-0.1, -0.05) is 6.92 Å². The lowest BCUT2D eigenvalue weighted by Crippen LogP contribution is -2.39. The molecule has 0 spiro atoms. The van der Waals surface area contributed by atoms with E-state index < -0.39 is 0 Å². The van der Waals surface area contributed by atoms with E-state index in [1.165, 1.54) is 30.8 Å². The van der Waals surface area contributed by atoms with Crippen LogP contribution in [0.5, 0.6) is 0 Å². The fourth-order valence-electron chi connectivity index (χ4n) is 2.89. The average Bonchev–Trinajstić information content (AvgIpc) is 3.01. The van der Waals surface area contributed by atoms with Crippen LogP contribution in [-0.4, -0.2) is 34.6 Å². The number of fused-ring (bicyclic) bond motifs is 1. The first-order chi connectivity index (χ1) is 10.3. The topological polar surface area (TPSA) is 54.2 Å². The Kier molecular flexibility index (Phi) is 6.52. The number of nitrogens with one attached hydrogen (secondary N) is 2. The predicted octanol–water partition coefficient (Wildman–Crippen LogP) is 2.34. The normalized spacial score (nSPS) is 23.5. The summed E-state index contributed by atoms with van der Waals surface area (Å²) in [5.74, 6) is 3.00. The van der Waals surface area contributed by atoms with E-state index in [4.69, 9.17) is 4.98 Å². The summed E-state index contributed by atoms with van der Waals surface area (Å²) in [4.78, 5) is 9.41. The molecule has 1 aromatic rings. The molecule has 0 aromatic carbocycles. The summed E-state index contributed by atoms with van der Waals surface area (Å²) in [6, 6.07) is 0.614. The van der Waals surface area contributed by atoms with Crippen LogP contribution in [0.2, 0.25) is 0 Å². The molecule has 6 heteroatoms. The summed E-state index contributed by atoms with van der Waals surface area (Å²) in [5, 5.41) is 6.81. The number of aromatic nitrogens is 2. The van der Waals surface area contributed by atoms with Gasteiger partial charge < -0.3 is 15.2 Å². The fourth-order valence-corrected chi connectivity index (χ4v) is 2.89. The molecular formula is C16H28IN5. The SMILES string of the molecule is CCNC(=NCCc1cn2c(n1)CCCC2)NC1CC1C.I. The molecule has 0 saturated heterocycles. The molecule has 1 aromatic heterocycles. The van der Waals surface area contributed by atoms with Crippen LogP contribution in [0.15, 0.2) is 11.2 Å². The highest BCUT2D eigenvalue weighted by Crippen LogP contribution is 2.28. The Morgan fingerprint density at radius 1 is 1.45 bits per heavy atom. The zero-order chi connectivity index (χ0) is 14.7. The molecule has 0 bridgehead atoms. The van der Waals surface area contributed by atoms with Crippen LogP contribution in [0.1, 0.15) is 44.6 Å². The first kappa shape index (κ1) is 17.6.